The highest BCUT2D eigenvalue weighted by atomic mass is 32.2. The van der Waals surface area contributed by atoms with Gasteiger partial charge in [0.2, 0.25) is 5.91 Å². The van der Waals surface area contributed by atoms with E-state index in [4.69, 9.17) is 9.40 Å². The van der Waals surface area contributed by atoms with E-state index in [1.165, 1.54) is 17.3 Å². The van der Waals surface area contributed by atoms with Gasteiger partial charge in [-0.3, -0.25) is 9.20 Å². The topological polar surface area (TPSA) is 85.3 Å². The predicted molar refractivity (Wildman–Crippen MR) is 129 cm³/mol. The Hall–Kier alpha value is -3.65. The van der Waals surface area contributed by atoms with Gasteiger partial charge in [-0.2, -0.15) is 0 Å². The van der Waals surface area contributed by atoms with Crippen LogP contribution in [0.1, 0.15) is 18.9 Å². The number of nitrogens with one attached hydrogen (secondary N) is 1. The van der Waals surface area contributed by atoms with Crippen molar-refractivity contribution in [1.82, 2.24) is 24.9 Å². The SMILES string of the molecule is CC(CCc1ccccc1)NC(=O)CSc1nnc2c3ccccc3nc(-c3ccco3)n12. The number of aromatic nitrogens is 4. The van der Waals surface area contributed by atoms with Crippen molar-refractivity contribution in [1.29, 1.82) is 0 Å². The van der Waals surface area contributed by atoms with E-state index >= 15 is 0 Å². The van der Waals surface area contributed by atoms with Crippen LogP contribution < -0.4 is 5.32 Å². The standard InChI is InChI=1S/C25H23N5O2S/c1-17(13-14-18-8-3-2-4-9-18)26-22(31)16-33-25-29-28-23-19-10-5-6-11-20(19)27-24(30(23)25)21-12-7-15-32-21/h2-12,15,17H,13-14,16H2,1H3,(H,26,31). The number of furan rings is 1. The Morgan fingerprint density at radius 2 is 1.88 bits per heavy atom. The molecule has 1 N–H and O–H groups in total. The van der Waals surface area contributed by atoms with Gasteiger partial charge in [-0.05, 0) is 49.6 Å². The molecule has 0 aliphatic heterocycles. The van der Waals surface area contributed by atoms with Crippen molar-refractivity contribution in [3.8, 4) is 11.6 Å². The molecule has 8 heteroatoms. The summed E-state index contributed by atoms with van der Waals surface area (Å²) in [7, 11) is 0. The van der Waals surface area contributed by atoms with Crippen LogP contribution in [0.2, 0.25) is 0 Å². The maximum absolute atomic E-state index is 12.6. The van der Waals surface area contributed by atoms with Gasteiger partial charge in [0.15, 0.2) is 22.4 Å². The Morgan fingerprint density at radius 1 is 1.06 bits per heavy atom. The van der Waals surface area contributed by atoms with Crippen LogP contribution in [0.25, 0.3) is 28.1 Å². The van der Waals surface area contributed by atoms with Gasteiger partial charge >= 0.3 is 0 Å². The molecule has 166 valence electrons. The monoisotopic (exact) mass is 457 g/mol. The summed E-state index contributed by atoms with van der Waals surface area (Å²) in [6, 6.07) is 21.8. The number of carbonyl (C=O) groups excluding carboxylic acids is 1. The van der Waals surface area contributed by atoms with Crippen molar-refractivity contribution in [2.24, 2.45) is 0 Å². The van der Waals surface area contributed by atoms with Crippen LogP contribution in [0.15, 0.2) is 82.6 Å². The van der Waals surface area contributed by atoms with Crippen molar-refractivity contribution in [3.63, 3.8) is 0 Å². The first-order valence-electron chi connectivity index (χ1n) is 10.8. The third-order valence-corrected chi connectivity index (χ3v) is 6.34. The number of benzene rings is 2. The average Bonchev–Trinajstić information content (AvgIpc) is 3.52. The summed E-state index contributed by atoms with van der Waals surface area (Å²) < 4.78 is 7.47. The van der Waals surface area contributed by atoms with Gasteiger partial charge in [-0.1, -0.05) is 54.2 Å². The number of hydrogen-bond donors (Lipinski definition) is 1. The number of nitrogens with zero attached hydrogens (tertiary/aromatic N) is 4. The van der Waals surface area contributed by atoms with E-state index in [9.17, 15) is 4.79 Å². The summed E-state index contributed by atoms with van der Waals surface area (Å²) >= 11 is 1.34. The number of thioether (sulfide) groups is 1. The molecule has 5 aromatic rings. The Labute approximate surface area is 195 Å². The van der Waals surface area contributed by atoms with E-state index in [1.807, 2.05) is 65.9 Å². The van der Waals surface area contributed by atoms with Crippen molar-refractivity contribution < 1.29 is 9.21 Å². The average molecular weight is 458 g/mol. The normalized spacial score (nSPS) is 12.3. The second-order valence-corrected chi connectivity index (χ2v) is 8.80. The number of hydrogen-bond acceptors (Lipinski definition) is 6. The molecule has 2 aromatic carbocycles. The minimum atomic E-state index is -0.0365. The largest absolute Gasteiger partial charge is 0.461 e. The van der Waals surface area contributed by atoms with Crippen LogP contribution in [0, 0.1) is 0 Å². The van der Waals surface area contributed by atoms with E-state index in [1.54, 1.807) is 6.26 Å². The lowest BCUT2D eigenvalue weighted by atomic mass is 10.1. The molecule has 5 rings (SSSR count). The van der Waals surface area contributed by atoms with Crippen LogP contribution in [0.5, 0.6) is 0 Å². The fourth-order valence-electron chi connectivity index (χ4n) is 3.77. The van der Waals surface area contributed by atoms with E-state index in [-0.39, 0.29) is 17.7 Å². The van der Waals surface area contributed by atoms with Crippen LogP contribution >= 0.6 is 11.8 Å². The van der Waals surface area contributed by atoms with Crippen LogP contribution in [-0.2, 0) is 11.2 Å². The highest BCUT2D eigenvalue weighted by molar-refractivity contribution is 7.99. The number of carbonyl (C=O) groups is 1. The summed E-state index contributed by atoms with van der Waals surface area (Å²) in [6.45, 7) is 2.03. The van der Waals surface area contributed by atoms with Crippen molar-refractivity contribution in [2.45, 2.75) is 31.0 Å². The molecule has 0 spiro atoms. The second-order valence-electron chi connectivity index (χ2n) is 7.85. The lowest BCUT2D eigenvalue weighted by Crippen LogP contribution is -2.34. The molecular formula is C25H23N5O2S. The quantitative estimate of drug-likeness (QED) is 0.338. The van der Waals surface area contributed by atoms with Gasteiger partial charge in [-0.15, -0.1) is 10.2 Å². The summed E-state index contributed by atoms with van der Waals surface area (Å²) in [6.07, 6.45) is 3.42. The smallest absolute Gasteiger partial charge is 0.230 e. The zero-order chi connectivity index (χ0) is 22.6. The molecule has 0 radical (unpaired) electrons. The maximum Gasteiger partial charge on any atom is 0.230 e. The highest BCUT2D eigenvalue weighted by Crippen LogP contribution is 2.29. The molecule has 3 heterocycles. The zero-order valence-electron chi connectivity index (χ0n) is 18.1. The first-order valence-corrected chi connectivity index (χ1v) is 11.8. The number of fused-ring (bicyclic) bond motifs is 3. The van der Waals surface area contributed by atoms with Crippen molar-refractivity contribution >= 4 is 34.2 Å². The van der Waals surface area contributed by atoms with Crippen LogP contribution in [0.3, 0.4) is 0 Å². The van der Waals surface area contributed by atoms with Gasteiger partial charge in [0.05, 0.1) is 17.5 Å². The fourth-order valence-corrected chi connectivity index (χ4v) is 4.51. The van der Waals surface area contributed by atoms with Crippen molar-refractivity contribution in [3.05, 3.63) is 78.6 Å². The minimum Gasteiger partial charge on any atom is -0.461 e. The molecule has 1 atom stereocenters. The lowest BCUT2D eigenvalue weighted by Gasteiger charge is -2.13. The summed E-state index contributed by atoms with van der Waals surface area (Å²) in [5.74, 6) is 1.43. The Balaban J connectivity index is 1.32. The third kappa shape index (κ3) is 4.61. The fraction of sp³-hybridized carbons (Fsp3) is 0.200. The summed E-state index contributed by atoms with van der Waals surface area (Å²) in [5.41, 5.74) is 2.77. The molecule has 7 nitrogen and oxygen atoms in total. The van der Waals surface area contributed by atoms with Crippen LogP contribution in [0.4, 0.5) is 0 Å². The Morgan fingerprint density at radius 3 is 2.70 bits per heavy atom. The van der Waals surface area contributed by atoms with E-state index in [0.717, 1.165) is 23.7 Å². The lowest BCUT2D eigenvalue weighted by molar-refractivity contribution is -0.119. The maximum atomic E-state index is 12.6. The molecule has 33 heavy (non-hydrogen) atoms. The van der Waals surface area contributed by atoms with Crippen LogP contribution in [-0.4, -0.2) is 37.3 Å². The second kappa shape index (κ2) is 9.46. The number of amides is 1. The first-order chi connectivity index (χ1) is 16.2. The number of para-hydroxylation sites is 1. The molecule has 0 bridgehead atoms. The summed E-state index contributed by atoms with van der Waals surface area (Å²) in [5, 5.41) is 13.3. The molecule has 0 aliphatic rings. The van der Waals surface area contributed by atoms with E-state index in [0.29, 0.717) is 22.4 Å². The van der Waals surface area contributed by atoms with E-state index < -0.39 is 0 Å². The molecule has 0 saturated heterocycles. The molecule has 1 amide bonds. The highest BCUT2D eigenvalue weighted by Gasteiger charge is 2.19. The molecular weight excluding hydrogens is 434 g/mol. The number of aryl methyl sites for hydroxylation is 1. The van der Waals surface area contributed by atoms with Gasteiger partial charge in [-0.25, -0.2) is 4.98 Å². The predicted octanol–water partition coefficient (Wildman–Crippen LogP) is 4.77. The van der Waals surface area contributed by atoms with Gasteiger partial charge in [0.25, 0.3) is 0 Å². The Bertz CT molecular complexity index is 1380. The molecule has 0 aliphatic carbocycles. The summed E-state index contributed by atoms with van der Waals surface area (Å²) in [4.78, 5) is 17.4. The number of rotatable bonds is 8. The van der Waals surface area contributed by atoms with E-state index in [2.05, 4.69) is 27.6 Å². The molecule has 3 aromatic heterocycles. The minimum absolute atomic E-state index is 0.0365. The Kier molecular flexibility index (Phi) is 6.08. The third-order valence-electron chi connectivity index (χ3n) is 5.41. The zero-order valence-corrected chi connectivity index (χ0v) is 19.0. The van der Waals surface area contributed by atoms with Gasteiger partial charge in [0, 0.05) is 11.4 Å². The van der Waals surface area contributed by atoms with Gasteiger partial charge < -0.3 is 9.73 Å². The van der Waals surface area contributed by atoms with Crippen molar-refractivity contribution in [2.75, 3.05) is 5.75 Å². The van der Waals surface area contributed by atoms with Gasteiger partial charge in [0.1, 0.15) is 0 Å². The molecule has 0 saturated carbocycles. The molecule has 0 fully saturated rings. The first kappa shape index (κ1) is 21.2. The molecule has 1 unspecified atom stereocenters.